The van der Waals surface area contributed by atoms with Crippen molar-refractivity contribution in [3.63, 3.8) is 0 Å². The molecule has 6 nitrogen and oxygen atoms in total. The number of aromatic nitrogens is 2. The minimum Gasteiger partial charge on any atom is -0.476 e. The molecule has 2 rings (SSSR count). The molecule has 1 aromatic heterocycles. The van der Waals surface area contributed by atoms with Gasteiger partial charge in [-0.2, -0.15) is 0 Å². The molecule has 0 amide bonds. The largest absolute Gasteiger partial charge is 0.476 e. The molecule has 1 unspecified atom stereocenters. The van der Waals surface area contributed by atoms with Gasteiger partial charge < -0.3 is 15.2 Å². The molecule has 2 aromatic rings. The molecule has 0 aliphatic heterocycles. The fraction of sp³-hybridized carbons (Fsp3) is 0.357. The van der Waals surface area contributed by atoms with Gasteiger partial charge in [0.05, 0.1) is 17.3 Å². The highest BCUT2D eigenvalue weighted by Crippen LogP contribution is 2.24. The quantitative estimate of drug-likeness (QED) is 0.840. The fourth-order valence-electron chi connectivity index (χ4n) is 1.97. The Morgan fingerprint density at radius 3 is 2.85 bits per heavy atom. The molecule has 6 heteroatoms. The summed E-state index contributed by atoms with van der Waals surface area (Å²) in [4.78, 5) is 11.3. The zero-order chi connectivity index (χ0) is 14.5. The zero-order valence-corrected chi connectivity index (χ0v) is 11.5. The summed E-state index contributed by atoms with van der Waals surface area (Å²) in [6, 6.07) is 7.30. The molecule has 0 aliphatic rings. The van der Waals surface area contributed by atoms with Crippen LogP contribution in [0, 0.1) is 0 Å². The van der Waals surface area contributed by atoms with E-state index in [0.717, 1.165) is 5.39 Å². The van der Waals surface area contributed by atoms with Crippen molar-refractivity contribution in [1.82, 2.24) is 10.2 Å². The molecule has 106 valence electrons. The van der Waals surface area contributed by atoms with Crippen LogP contribution in [0.5, 0.6) is 0 Å². The number of hydrogen-bond acceptors (Lipinski definition) is 5. The predicted octanol–water partition coefficient (Wildman–Crippen LogP) is 2.16. The number of carboxylic acids is 1. The Balaban J connectivity index is 2.37. The number of anilines is 1. The average Bonchev–Trinajstić information content (AvgIpc) is 2.44. The summed E-state index contributed by atoms with van der Waals surface area (Å²) in [5.74, 6) is -1.10. The molecule has 0 radical (unpaired) electrons. The second kappa shape index (κ2) is 6.29. The van der Waals surface area contributed by atoms with Crippen molar-refractivity contribution in [3.05, 3.63) is 30.0 Å². The van der Waals surface area contributed by atoms with E-state index >= 15 is 0 Å². The first-order valence-corrected chi connectivity index (χ1v) is 6.47. The van der Waals surface area contributed by atoms with Gasteiger partial charge in [0.15, 0.2) is 5.69 Å². The normalized spacial score (nSPS) is 12.3. The summed E-state index contributed by atoms with van der Waals surface area (Å²) < 4.78 is 5.43. The zero-order valence-electron chi connectivity index (χ0n) is 11.5. The summed E-state index contributed by atoms with van der Waals surface area (Å²) in [7, 11) is 0. The van der Waals surface area contributed by atoms with Gasteiger partial charge in [0.2, 0.25) is 0 Å². The van der Waals surface area contributed by atoms with Crippen molar-refractivity contribution in [3.8, 4) is 0 Å². The van der Waals surface area contributed by atoms with E-state index < -0.39 is 5.97 Å². The number of aromatic carboxylic acids is 1. The fourth-order valence-corrected chi connectivity index (χ4v) is 1.97. The van der Waals surface area contributed by atoms with Crippen LogP contribution < -0.4 is 5.32 Å². The second-order valence-corrected chi connectivity index (χ2v) is 4.39. The molecule has 0 spiro atoms. The first-order valence-electron chi connectivity index (χ1n) is 6.47. The molecule has 0 aliphatic carbocycles. The van der Waals surface area contributed by atoms with Crippen molar-refractivity contribution >= 4 is 22.6 Å². The van der Waals surface area contributed by atoms with E-state index in [0.29, 0.717) is 24.4 Å². The Morgan fingerprint density at radius 2 is 2.15 bits per heavy atom. The Labute approximate surface area is 116 Å². The number of carbonyl (C=O) groups is 1. The van der Waals surface area contributed by atoms with Crippen LogP contribution in [0.15, 0.2) is 24.3 Å². The number of fused-ring (bicyclic) bond motifs is 1. The summed E-state index contributed by atoms with van der Waals surface area (Å²) >= 11 is 0. The van der Waals surface area contributed by atoms with Crippen LogP contribution in [0.3, 0.4) is 0 Å². The van der Waals surface area contributed by atoms with Gasteiger partial charge in [-0.25, -0.2) is 4.79 Å². The summed E-state index contributed by atoms with van der Waals surface area (Å²) in [6.07, 6.45) is -0.0198. The third kappa shape index (κ3) is 3.03. The van der Waals surface area contributed by atoms with Gasteiger partial charge in [0, 0.05) is 18.5 Å². The van der Waals surface area contributed by atoms with Crippen LogP contribution >= 0.6 is 0 Å². The highest BCUT2D eigenvalue weighted by Gasteiger charge is 2.16. The van der Waals surface area contributed by atoms with Gasteiger partial charge in [0.1, 0.15) is 0 Å². The molecule has 0 bridgehead atoms. The minimum atomic E-state index is -1.10. The lowest BCUT2D eigenvalue weighted by Gasteiger charge is -2.15. The topological polar surface area (TPSA) is 84.3 Å². The third-order valence-corrected chi connectivity index (χ3v) is 2.89. The molecule has 1 atom stereocenters. The first-order chi connectivity index (χ1) is 9.63. The molecule has 0 fully saturated rings. The van der Waals surface area contributed by atoms with Crippen LogP contribution in [-0.4, -0.2) is 40.5 Å². The van der Waals surface area contributed by atoms with Crippen molar-refractivity contribution in [2.24, 2.45) is 0 Å². The van der Waals surface area contributed by atoms with Crippen molar-refractivity contribution in [2.45, 2.75) is 20.0 Å². The lowest BCUT2D eigenvalue weighted by molar-refractivity contribution is 0.0689. The number of rotatable bonds is 6. The van der Waals surface area contributed by atoms with E-state index in [1.165, 1.54) is 0 Å². The molecular formula is C14H17N3O3. The third-order valence-electron chi connectivity index (χ3n) is 2.89. The second-order valence-electron chi connectivity index (χ2n) is 4.39. The summed E-state index contributed by atoms with van der Waals surface area (Å²) in [5, 5.41) is 20.8. The molecular weight excluding hydrogens is 258 g/mol. The van der Waals surface area contributed by atoms with Crippen LogP contribution in [0.25, 0.3) is 10.9 Å². The van der Waals surface area contributed by atoms with Crippen molar-refractivity contribution < 1.29 is 14.6 Å². The number of ether oxygens (including phenoxy) is 1. The Morgan fingerprint density at radius 1 is 1.40 bits per heavy atom. The van der Waals surface area contributed by atoms with Gasteiger partial charge in [-0.3, -0.25) is 0 Å². The highest BCUT2D eigenvalue weighted by molar-refractivity contribution is 6.02. The van der Waals surface area contributed by atoms with E-state index in [9.17, 15) is 9.90 Å². The standard InChI is InChI=1S/C14H17N3O3/c1-3-20-9(2)8-15-12-10-6-4-5-7-11(10)16-17-13(12)14(18)19/h4-7,9H,3,8H2,1-2H3,(H,15,16)(H,18,19). The Bertz CT molecular complexity index is 616. The van der Waals surface area contributed by atoms with Crippen molar-refractivity contribution in [1.29, 1.82) is 0 Å². The first kappa shape index (κ1) is 14.2. The Hall–Kier alpha value is -2.21. The summed E-state index contributed by atoms with van der Waals surface area (Å²) in [5.41, 5.74) is 1.06. The Kier molecular flexibility index (Phi) is 4.47. The van der Waals surface area contributed by atoms with E-state index in [1.54, 1.807) is 6.07 Å². The number of hydrogen-bond donors (Lipinski definition) is 2. The van der Waals surface area contributed by atoms with Gasteiger partial charge in [-0.1, -0.05) is 18.2 Å². The number of nitrogens with one attached hydrogen (secondary N) is 1. The number of benzene rings is 1. The van der Waals surface area contributed by atoms with Gasteiger partial charge in [0.25, 0.3) is 0 Å². The van der Waals surface area contributed by atoms with Gasteiger partial charge >= 0.3 is 5.97 Å². The predicted molar refractivity (Wildman–Crippen MR) is 76.1 cm³/mol. The molecule has 0 saturated heterocycles. The van der Waals surface area contributed by atoms with Gasteiger partial charge in [-0.15, -0.1) is 10.2 Å². The highest BCUT2D eigenvalue weighted by atomic mass is 16.5. The molecule has 0 saturated carbocycles. The van der Waals surface area contributed by atoms with E-state index in [-0.39, 0.29) is 11.8 Å². The minimum absolute atomic E-state index is 0.0198. The maximum absolute atomic E-state index is 11.3. The lowest BCUT2D eigenvalue weighted by atomic mass is 10.1. The van der Waals surface area contributed by atoms with E-state index in [4.69, 9.17) is 4.74 Å². The van der Waals surface area contributed by atoms with Crippen LogP contribution in [0.4, 0.5) is 5.69 Å². The average molecular weight is 275 g/mol. The van der Waals surface area contributed by atoms with E-state index in [2.05, 4.69) is 15.5 Å². The maximum atomic E-state index is 11.3. The monoisotopic (exact) mass is 275 g/mol. The maximum Gasteiger partial charge on any atom is 0.358 e. The SMILES string of the molecule is CCOC(C)CNc1c(C(=O)O)nnc2ccccc12. The number of nitrogens with zero attached hydrogens (tertiary/aromatic N) is 2. The van der Waals surface area contributed by atoms with Crippen LogP contribution in [0.1, 0.15) is 24.3 Å². The molecule has 1 heterocycles. The molecule has 20 heavy (non-hydrogen) atoms. The summed E-state index contributed by atoms with van der Waals surface area (Å²) in [6.45, 7) is 4.96. The van der Waals surface area contributed by atoms with Crippen LogP contribution in [0.2, 0.25) is 0 Å². The van der Waals surface area contributed by atoms with Gasteiger partial charge in [-0.05, 0) is 19.9 Å². The van der Waals surface area contributed by atoms with Crippen LogP contribution in [-0.2, 0) is 4.74 Å². The number of carboxylic acid groups (broad SMARTS) is 1. The van der Waals surface area contributed by atoms with E-state index in [1.807, 2.05) is 32.0 Å². The lowest BCUT2D eigenvalue weighted by Crippen LogP contribution is -2.21. The van der Waals surface area contributed by atoms with Crippen molar-refractivity contribution in [2.75, 3.05) is 18.5 Å². The molecule has 1 aromatic carbocycles. The smallest absolute Gasteiger partial charge is 0.358 e. The molecule has 2 N–H and O–H groups in total.